The number of amides is 1. The molecule has 1 aromatic rings. The number of halogens is 1. The number of hydrogen-bond donors (Lipinski definition) is 1. The van der Waals surface area contributed by atoms with Gasteiger partial charge in [-0.1, -0.05) is 28.1 Å². The quantitative estimate of drug-likeness (QED) is 0.470. The molecule has 3 nitrogen and oxygen atoms in total. The lowest BCUT2D eigenvalue weighted by molar-refractivity contribution is -0.127. The molecule has 0 saturated heterocycles. The Labute approximate surface area is 126 Å². The summed E-state index contributed by atoms with van der Waals surface area (Å²) in [4.78, 5) is 14.6. The van der Waals surface area contributed by atoms with Gasteiger partial charge >= 0.3 is 0 Å². The standard InChI is InChI=1S/C14H17BrN2OS/c1-3-7-17(8-4-2)14(18)10-19-13-9-11(15)5-6-12(13)16/h3-6,9H,1-2,7-8,10,16H2. The average Bonchev–Trinajstić information content (AvgIpc) is 2.39. The Hall–Kier alpha value is -1.20. The van der Waals surface area contributed by atoms with E-state index in [0.29, 0.717) is 24.5 Å². The summed E-state index contributed by atoms with van der Waals surface area (Å²) >= 11 is 4.83. The zero-order chi connectivity index (χ0) is 14.3. The summed E-state index contributed by atoms with van der Waals surface area (Å²) in [5.74, 6) is 0.395. The minimum Gasteiger partial charge on any atom is -0.398 e. The number of rotatable bonds is 7. The number of nitrogens with zero attached hydrogens (tertiary/aromatic N) is 1. The molecule has 0 aliphatic heterocycles. The van der Waals surface area contributed by atoms with Gasteiger partial charge in [0.15, 0.2) is 0 Å². The van der Waals surface area contributed by atoms with Gasteiger partial charge in [0.25, 0.3) is 0 Å². The molecular weight excluding hydrogens is 324 g/mol. The molecule has 0 saturated carbocycles. The van der Waals surface area contributed by atoms with Gasteiger partial charge in [0.1, 0.15) is 0 Å². The normalized spacial score (nSPS) is 9.95. The van der Waals surface area contributed by atoms with Crippen molar-refractivity contribution in [2.75, 3.05) is 24.6 Å². The van der Waals surface area contributed by atoms with Gasteiger partial charge in [-0.3, -0.25) is 4.79 Å². The molecule has 0 aliphatic rings. The monoisotopic (exact) mass is 340 g/mol. The highest BCUT2D eigenvalue weighted by atomic mass is 79.9. The molecule has 0 bridgehead atoms. The molecule has 0 fully saturated rings. The molecule has 0 heterocycles. The fraction of sp³-hybridized carbons (Fsp3) is 0.214. The molecule has 2 N–H and O–H groups in total. The Morgan fingerprint density at radius 2 is 2.00 bits per heavy atom. The van der Waals surface area contributed by atoms with Crippen molar-refractivity contribution in [3.63, 3.8) is 0 Å². The third-order valence-corrected chi connectivity index (χ3v) is 3.93. The summed E-state index contributed by atoms with van der Waals surface area (Å²) < 4.78 is 0.950. The lowest BCUT2D eigenvalue weighted by atomic mass is 10.3. The van der Waals surface area contributed by atoms with E-state index in [4.69, 9.17) is 5.73 Å². The van der Waals surface area contributed by atoms with Crippen molar-refractivity contribution in [1.82, 2.24) is 4.90 Å². The summed E-state index contributed by atoms with van der Waals surface area (Å²) in [7, 11) is 0. The second kappa shape index (κ2) is 8.07. The third kappa shape index (κ3) is 5.12. The lowest BCUT2D eigenvalue weighted by Gasteiger charge is -2.19. The van der Waals surface area contributed by atoms with Gasteiger partial charge in [0, 0.05) is 28.1 Å². The van der Waals surface area contributed by atoms with Crippen LogP contribution in [-0.4, -0.2) is 29.6 Å². The Morgan fingerprint density at radius 1 is 1.37 bits per heavy atom. The van der Waals surface area contributed by atoms with Crippen LogP contribution in [-0.2, 0) is 4.79 Å². The predicted molar refractivity (Wildman–Crippen MR) is 86.3 cm³/mol. The fourth-order valence-electron chi connectivity index (χ4n) is 1.45. The van der Waals surface area contributed by atoms with Crippen molar-refractivity contribution in [1.29, 1.82) is 0 Å². The highest BCUT2D eigenvalue weighted by Gasteiger charge is 2.12. The van der Waals surface area contributed by atoms with E-state index < -0.39 is 0 Å². The van der Waals surface area contributed by atoms with E-state index in [1.54, 1.807) is 17.1 Å². The molecular formula is C14H17BrN2OS. The van der Waals surface area contributed by atoms with Gasteiger partial charge in [0.2, 0.25) is 5.91 Å². The predicted octanol–water partition coefficient (Wildman–Crippen LogP) is 3.32. The number of nitrogens with two attached hydrogens (primary N) is 1. The van der Waals surface area contributed by atoms with Gasteiger partial charge < -0.3 is 10.6 Å². The first-order chi connectivity index (χ1) is 9.08. The molecule has 0 radical (unpaired) electrons. The van der Waals surface area contributed by atoms with E-state index in [1.165, 1.54) is 11.8 Å². The number of anilines is 1. The maximum absolute atomic E-state index is 12.0. The van der Waals surface area contributed by atoms with Crippen LogP contribution in [0.3, 0.4) is 0 Å². The maximum Gasteiger partial charge on any atom is 0.233 e. The third-order valence-electron chi connectivity index (χ3n) is 2.38. The number of hydrogen-bond acceptors (Lipinski definition) is 3. The summed E-state index contributed by atoms with van der Waals surface area (Å²) in [6.45, 7) is 8.35. The number of thioether (sulfide) groups is 1. The summed E-state index contributed by atoms with van der Waals surface area (Å²) in [6.07, 6.45) is 3.42. The highest BCUT2D eigenvalue weighted by molar-refractivity contribution is 9.10. The van der Waals surface area contributed by atoms with Gasteiger partial charge in [0.05, 0.1) is 5.75 Å². The first-order valence-electron chi connectivity index (χ1n) is 5.76. The number of nitrogen functional groups attached to an aromatic ring is 1. The zero-order valence-electron chi connectivity index (χ0n) is 10.6. The summed E-state index contributed by atoms with van der Waals surface area (Å²) in [5, 5.41) is 0. The molecule has 19 heavy (non-hydrogen) atoms. The van der Waals surface area contributed by atoms with Crippen LogP contribution < -0.4 is 5.73 Å². The summed E-state index contributed by atoms with van der Waals surface area (Å²) in [5.41, 5.74) is 6.55. The second-order valence-electron chi connectivity index (χ2n) is 3.85. The van der Waals surface area contributed by atoms with Crippen LogP contribution in [0, 0.1) is 0 Å². The van der Waals surface area contributed by atoms with Gasteiger partial charge in [-0.15, -0.1) is 24.9 Å². The van der Waals surface area contributed by atoms with E-state index >= 15 is 0 Å². The molecule has 5 heteroatoms. The Morgan fingerprint density at radius 3 is 2.58 bits per heavy atom. The molecule has 1 aromatic carbocycles. The molecule has 0 aromatic heterocycles. The zero-order valence-corrected chi connectivity index (χ0v) is 13.0. The van der Waals surface area contributed by atoms with Gasteiger partial charge in [-0.25, -0.2) is 0 Å². The second-order valence-corrected chi connectivity index (χ2v) is 5.78. The van der Waals surface area contributed by atoms with Crippen LogP contribution in [0.4, 0.5) is 5.69 Å². The van der Waals surface area contributed by atoms with E-state index in [1.807, 2.05) is 18.2 Å². The molecule has 1 amide bonds. The fourth-order valence-corrected chi connectivity index (χ4v) is 2.87. The molecule has 0 atom stereocenters. The van der Waals surface area contributed by atoms with Gasteiger partial charge in [-0.2, -0.15) is 0 Å². The topological polar surface area (TPSA) is 46.3 Å². The Balaban J connectivity index is 2.63. The van der Waals surface area contributed by atoms with Crippen LogP contribution in [0.5, 0.6) is 0 Å². The van der Waals surface area contributed by atoms with Crippen molar-refractivity contribution in [3.05, 3.63) is 48.0 Å². The molecule has 1 rings (SSSR count). The van der Waals surface area contributed by atoms with Crippen LogP contribution in [0.15, 0.2) is 52.9 Å². The largest absolute Gasteiger partial charge is 0.398 e. The lowest BCUT2D eigenvalue weighted by Crippen LogP contribution is -2.32. The minimum atomic E-state index is 0.0455. The van der Waals surface area contributed by atoms with Crippen LogP contribution in [0.1, 0.15) is 0 Å². The van der Waals surface area contributed by atoms with E-state index in [0.717, 1.165) is 9.37 Å². The van der Waals surface area contributed by atoms with Crippen molar-refractivity contribution in [2.45, 2.75) is 4.90 Å². The van der Waals surface area contributed by atoms with Crippen molar-refractivity contribution < 1.29 is 4.79 Å². The average molecular weight is 341 g/mol. The minimum absolute atomic E-state index is 0.0455. The van der Waals surface area contributed by atoms with Crippen molar-refractivity contribution >= 4 is 39.3 Å². The Bertz CT molecular complexity index is 467. The van der Waals surface area contributed by atoms with Crippen LogP contribution >= 0.6 is 27.7 Å². The smallest absolute Gasteiger partial charge is 0.233 e. The Kier molecular flexibility index (Phi) is 6.73. The highest BCUT2D eigenvalue weighted by Crippen LogP contribution is 2.28. The molecule has 0 aliphatic carbocycles. The van der Waals surface area contributed by atoms with Crippen molar-refractivity contribution in [3.8, 4) is 0 Å². The maximum atomic E-state index is 12.0. The van der Waals surface area contributed by atoms with Gasteiger partial charge in [-0.05, 0) is 18.2 Å². The number of carbonyl (C=O) groups excluding carboxylic acids is 1. The van der Waals surface area contributed by atoms with E-state index in [9.17, 15) is 4.79 Å². The summed E-state index contributed by atoms with van der Waals surface area (Å²) in [6, 6.07) is 5.61. The van der Waals surface area contributed by atoms with Crippen LogP contribution in [0.2, 0.25) is 0 Å². The molecule has 0 unspecified atom stereocenters. The SMILES string of the molecule is C=CCN(CC=C)C(=O)CSc1cc(Br)ccc1N. The first-order valence-corrected chi connectivity index (χ1v) is 7.53. The molecule has 102 valence electrons. The van der Waals surface area contributed by atoms with Crippen LogP contribution in [0.25, 0.3) is 0 Å². The van der Waals surface area contributed by atoms with E-state index in [-0.39, 0.29) is 5.91 Å². The number of carbonyl (C=O) groups is 1. The number of benzene rings is 1. The molecule has 0 spiro atoms. The van der Waals surface area contributed by atoms with Crippen molar-refractivity contribution in [2.24, 2.45) is 0 Å². The van der Waals surface area contributed by atoms with E-state index in [2.05, 4.69) is 29.1 Å². The first kappa shape index (κ1) is 15.9.